The maximum atomic E-state index is 10.9. The minimum absolute atomic E-state index is 0.0253. The number of hydrogen-bond donors (Lipinski definition) is 1. The van der Waals surface area contributed by atoms with Crippen LogP contribution in [-0.2, 0) is 5.41 Å². The van der Waals surface area contributed by atoms with Crippen LogP contribution >= 0.6 is 0 Å². The molecule has 1 aromatic rings. The number of likely N-dealkylation sites (tertiary alicyclic amines) is 1. The number of carboxylic acid groups (broad SMARTS) is 1. The molecule has 4 heteroatoms. The topological polar surface area (TPSA) is 53.4 Å². The van der Waals surface area contributed by atoms with Gasteiger partial charge in [-0.2, -0.15) is 0 Å². The molecule has 0 saturated carbocycles. The summed E-state index contributed by atoms with van der Waals surface area (Å²) in [7, 11) is 0. The Balaban J connectivity index is 1.87. The molecule has 17 heavy (non-hydrogen) atoms. The summed E-state index contributed by atoms with van der Waals surface area (Å²) in [5.74, 6) is 0. The highest BCUT2D eigenvalue weighted by Crippen LogP contribution is 2.42. The smallest absolute Gasteiger partial charge is 0.407 e. The number of hydrogen-bond acceptors (Lipinski definition) is 2. The fourth-order valence-electron chi connectivity index (χ4n) is 2.80. The summed E-state index contributed by atoms with van der Waals surface area (Å²) < 4.78 is 0. The van der Waals surface area contributed by atoms with Crippen molar-refractivity contribution in [3.05, 3.63) is 35.7 Å². The van der Waals surface area contributed by atoms with Gasteiger partial charge in [-0.25, -0.2) is 4.79 Å². The molecule has 2 heterocycles. The second-order valence-corrected chi connectivity index (χ2v) is 4.70. The first kappa shape index (κ1) is 10.3. The van der Waals surface area contributed by atoms with E-state index < -0.39 is 6.09 Å². The highest BCUT2D eigenvalue weighted by atomic mass is 16.4. The monoisotopic (exact) mass is 230 g/mol. The minimum Gasteiger partial charge on any atom is -0.465 e. The molecule has 0 radical (unpaired) electrons. The summed E-state index contributed by atoms with van der Waals surface area (Å²) >= 11 is 0. The van der Waals surface area contributed by atoms with E-state index in [2.05, 4.69) is 23.2 Å². The van der Waals surface area contributed by atoms with Gasteiger partial charge in [-0.05, 0) is 24.5 Å². The number of nitrogens with zero attached hydrogens (tertiary/aromatic N) is 2. The molecule has 0 unspecified atom stereocenters. The molecule has 1 aromatic heterocycles. The molecule has 3 rings (SSSR count). The Labute approximate surface area is 99.6 Å². The van der Waals surface area contributed by atoms with E-state index in [0.29, 0.717) is 13.1 Å². The number of fused-ring (bicyclic) bond motifs is 2. The van der Waals surface area contributed by atoms with Crippen LogP contribution in [-0.4, -0.2) is 34.2 Å². The van der Waals surface area contributed by atoms with Gasteiger partial charge in [-0.15, -0.1) is 0 Å². The average molecular weight is 230 g/mol. The Morgan fingerprint density at radius 1 is 1.41 bits per heavy atom. The van der Waals surface area contributed by atoms with Gasteiger partial charge in [0.2, 0.25) is 0 Å². The summed E-state index contributed by atoms with van der Waals surface area (Å²) in [5, 5.41) is 8.96. The zero-order valence-electron chi connectivity index (χ0n) is 9.47. The molecule has 1 aliphatic carbocycles. The van der Waals surface area contributed by atoms with Gasteiger partial charge >= 0.3 is 6.09 Å². The number of piperidine rings is 1. The van der Waals surface area contributed by atoms with Crippen molar-refractivity contribution in [2.24, 2.45) is 0 Å². The van der Waals surface area contributed by atoms with Gasteiger partial charge in [-0.3, -0.25) is 4.98 Å². The van der Waals surface area contributed by atoms with E-state index in [1.54, 1.807) is 0 Å². The summed E-state index contributed by atoms with van der Waals surface area (Å²) in [6, 6.07) is 4.01. The Morgan fingerprint density at radius 2 is 2.18 bits per heavy atom. The lowest BCUT2D eigenvalue weighted by Gasteiger charge is -2.37. The Kier molecular flexibility index (Phi) is 2.18. The number of allylic oxidation sites excluding steroid dienone is 1. The molecular weight excluding hydrogens is 216 g/mol. The van der Waals surface area contributed by atoms with Gasteiger partial charge in [0, 0.05) is 24.7 Å². The molecule has 1 saturated heterocycles. The SMILES string of the molecule is O=C(O)N1CCC2(C=Cc3cccnc32)CC1. The fraction of sp³-hybridized carbons (Fsp3) is 0.385. The second-order valence-electron chi connectivity index (χ2n) is 4.70. The first-order valence-electron chi connectivity index (χ1n) is 5.84. The highest BCUT2D eigenvalue weighted by Gasteiger charge is 2.40. The predicted octanol–water partition coefficient (Wildman–Crippen LogP) is 2.12. The fourth-order valence-corrected chi connectivity index (χ4v) is 2.80. The van der Waals surface area contributed by atoms with Crippen molar-refractivity contribution in [1.29, 1.82) is 0 Å². The van der Waals surface area contributed by atoms with Crippen molar-refractivity contribution < 1.29 is 9.90 Å². The van der Waals surface area contributed by atoms with Crippen molar-refractivity contribution in [3.63, 3.8) is 0 Å². The van der Waals surface area contributed by atoms with Crippen LogP contribution in [0, 0.1) is 0 Å². The summed E-state index contributed by atoms with van der Waals surface area (Å²) in [4.78, 5) is 16.9. The van der Waals surface area contributed by atoms with Gasteiger partial charge in [0.1, 0.15) is 0 Å². The third kappa shape index (κ3) is 1.52. The van der Waals surface area contributed by atoms with Gasteiger partial charge < -0.3 is 10.0 Å². The molecule has 1 fully saturated rings. The van der Waals surface area contributed by atoms with Crippen LogP contribution in [0.25, 0.3) is 6.08 Å². The number of pyridine rings is 1. The van der Waals surface area contributed by atoms with Crippen LogP contribution in [0.15, 0.2) is 24.4 Å². The molecule has 1 aliphatic heterocycles. The van der Waals surface area contributed by atoms with Gasteiger partial charge in [0.05, 0.1) is 5.69 Å². The zero-order valence-corrected chi connectivity index (χ0v) is 9.47. The van der Waals surface area contributed by atoms with Crippen LogP contribution in [0.3, 0.4) is 0 Å². The summed E-state index contributed by atoms with van der Waals surface area (Å²) in [6.45, 7) is 1.19. The van der Waals surface area contributed by atoms with Gasteiger partial charge in [0.25, 0.3) is 0 Å². The molecule has 0 bridgehead atoms. The maximum Gasteiger partial charge on any atom is 0.407 e. The molecule has 0 atom stereocenters. The lowest BCUT2D eigenvalue weighted by Crippen LogP contribution is -2.43. The van der Waals surface area contributed by atoms with Gasteiger partial charge in [-0.1, -0.05) is 18.2 Å². The lowest BCUT2D eigenvalue weighted by molar-refractivity contribution is 0.124. The van der Waals surface area contributed by atoms with Crippen molar-refractivity contribution >= 4 is 12.2 Å². The van der Waals surface area contributed by atoms with E-state index in [9.17, 15) is 4.79 Å². The Bertz CT molecular complexity index is 488. The Morgan fingerprint density at radius 3 is 2.88 bits per heavy atom. The van der Waals surface area contributed by atoms with Crippen LogP contribution in [0.5, 0.6) is 0 Å². The van der Waals surface area contributed by atoms with Crippen molar-refractivity contribution in [1.82, 2.24) is 9.88 Å². The largest absolute Gasteiger partial charge is 0.465 e. The summed E-state index contributed by atoms with van der Waals surface area (Å²) in [6.07, 6.45) is 6.97. The van der Waals surface area contributed by atoms with Crippen LogP contribution < -0.4 is 0 Å². The minimum atomic E-state index is -0.817. The molecule has 0 aromatic carbocycles. The first-order chi connectivity index (χ1) is 8.21. The zero-order chi connectivity index (χ0) is 11.9. The van der Waals surface area contributed by atoms with E-state index in [4.69, 9.17) is 5.11 Å². The lowest BCUT2D eigenvalue weighted by atomic mass is 9.77. The molecule has 1 spiro atoms. The van der Waals surface area contributed by atoms with Gasteiger partial charge in [0.15, 0.2) is 0 Å². The summed E-state index contributed by atoms with van der Waals surface area (Å²) in [5.41, 5.74) is 2.27. The van der Waals surface area contributed by atoms with E-state index in [0.717, 1.165) is 18.5 Å². The molecule has 1 N–H and O–H groups in total. The molecular formula is C13H14N2O2. The Hall–Kier alpha value is -1.84. The van der Waals surface area contributed by atoms with E-state index >= 15 is 0 Å². The average Bonchev–Trinajstić information content (AvgIpc) is 2.70. The number of rotatable bonds is 0. The molecule has 2 aliphatic rings. The van der Waals surface area contributed by atoms with Crippen LogP contribution in [0.2, 0.25) is 0 Å². The number of carbonyl (C=O) groups is 1. The van der Waals surface area contributed by atoms with E-state index in [1.807, 2.05) is 12.3 Å². The van der Waals surface area contributed by atoms with E-state index in [1.165, 1.54) is 10.5 Å². The standard InChI is InChI=1S/C13H14N2O2/c16-12(17)15-8-5-13(6-9-15)4-3-10-2-1-7-14-11(10)13/h1-4,7H,5-6,8-9H2,(H,16,17). The normalized spacial score (nSPS) is 20.6. The first-order valence-corrected chi connectivity index (χ1v) is 5.84. The second kappa shape index (κ2) is 3.58. The highest BCUT2D eigenvalue weighted by molar-refractivity contribution is 5.66. The van der Waals surface area contributed by atoms with E-state index in [-0.39, 0.29) is 5.41 Å². The van der Waals surface area contributed by atoms with Crippen LogP contribution in [0.4, 0.5) is 4.79 Å². The quantitative estimate of drug-likeness (QED) is 0.742. The molecule has 1 amide bonds. The van der Waals surface area contributed by atoms with Crippen LogP contribution in [0.1, 0.15) is 24.1 Å². The number of aromatic nitrogens is 1. The molecule has 4 nitrogen and oxygen atoms in total. The predicted molar refractivity (Wildman–Crippen MR) is 63.8 cm³/mol. The maximum absolute atomic E-state index is 10.9. The third-order valence-corrected chi connectivity index (χ3v) is 3.82. The third-order valence-electron chi connectivity index (χ3n) is 3.82. The number of amides is 1. The molecule has 88 valence electrons. The van der Waals surface area contributed by atoms with Crippen molar-refractivity contribution in [2.75, 3.05) is 13.1 Å². The van der Waals surface area contributed by atoms with Crippen molar-refractivity contribution in [2.45, 2.75) is 18.3 Å². The van der Waals surface area contributed by atoms with Crippen molar-refractivity contribution in [3.8, 4) is 0 Å².